The molecule has 0 spiro atoms. The fraction of sp³-hybridized carbons (Fsp3) is 0.333. The van der Waals surface area contributed by atoms with Crippen LogP contribution in [0.1, 0.15) is 24.8 Å². The lowest BCUT2D eigenvalue weighted by Crippen LogP contribution is -2.20. The van der Waals surface area contributed by atoms with Gasteiger partial charge in [-0.3, -0.25) is 4.79 Å². The van der Waals surface area contributed by atoms with E-state index in [-0.39, 0.29) is 10.8 Å². The first-order valence-electron chi connectivity index (χ1n) is 9.56. The summed E-state index contributed by atoms with van der Waals surface area (Å²) in [4.78, 5) is 14.2. The predicted octanol–water partition coefficient (Wildman–Crippen LogP) is 3.84. The van der Waals surface area contributed by atoms with E-state index in [0.717, 1.165) is 28.8 Å². The maximum absolute atomic E-state index is 12.5. The lowest BCUT2D eigenvalue weighted by molar-refractivity contribution is -0.116. The Labute approximate surface area is 185 Å². The highest BCUT2D eigenvalue weighted by Gasteiger charge is 2.20. The van der Waals surface area contributed by atoms with E-state index < -0.39 is 10.0 Å². The van der Waals surface area contributed by atoms with Gasteiger partial charge in [-0.05, 0) is 70.7 Å². The van der Waals surface area contributed by atoms with Gasteiger partial charge in [0.15, 0.2) is 0 Å². The molecular weight excluding hydrogens is 470 g/mol. The van der Waals surface area contributed by atoms with Gasteiger partial charge in [-0.25, -0.2) is 0 Å². The summed E-state index contributed by atoms with van der Waals surface area (Å²) in [7, 11) is -0.320. The van der Waals surface area contributed by atoms with Crippen molar-refractivity contribution in [3.05, 3.63) is 52.5 Å². The van der Waals surface area contributed by atoms with Crippen LogP contribution in [0.5, 0.6) is 5.75 Å². The Bertz CT molecular complexity index is 1050. The van der Waals surface area contributed by atoms with Gasteiger partial charge in [0.05, 0.1) is 16.5 Å². The van der Waals surface area contributed by atoms with Gasteiger partial charge in [-0.15, -0.1) is 4.40 Å². The minimum Gasteiger partial charge on any atom is -0.496 e. The highest BCUT2D eigenvalue weighted by Crippen LogP contribution is 2.26. The van der Waals surface area contributed by atoms with Crippen LogP contribution in [-0.4, -0.2) is 45.8 Å². The molecule has 0 aromatic heterocycles. The maximum Gasteiger partial charge on any atom is 0.283 e. The zero-order chi connectivity index (χ0) is 21.7. The normalized spacial score (nSPS) is 15.4. The fourth-order valence-electron chi connectivity index (χ4n) is 3.16. The molecule has 0 saturated carbocycles. The van der Waals surface area contributed by atoms with Gasteiger partial charge in [0.2, 0.25) is 5.91 Å². The largest absolute Gasteiger partial charge is 0.496 e. The topological polar surface area (TPSA) is 88.1 Å². The monoisotopic (exact) mass is 493 g/mol. The second kappa shape index (κ2) is 9.61. The Morgan fingerprint density at radius 1 is 1.23 bits per heavy atom. The minimum atomic E-state index is -3.76. The van der Waals surface area contributed by atoms with E-state index >= 15 is 0 Å². The predicted molar refractivity (Wildman–Crippen MR) is 121 cm³/mol. The van der Waals surface area contributed by atoms with Gasteiger partial charge in [-0.2, -0.15) is 8.42 Å². The molecule has 160 valence electrons. The van der Waals surface area contributed by atoms with Crippen LogP contribution in [0.2, 0.25) is 0 Å². The van der Waals surface area contributed by atoms with Gasteiger partial charge in [0, 0.05) is 32.1 Å². The molecule has 1 aliphatic rings. The molecule has 7 nitrogen and oxygen atoms in total. The van der Waals surface area contributed by atoms with Crippen molar-refractivity contribution >= 4 is 43.4 Å². The molecule has 0 aliphatic carbocycles. The Morgan fingerprint density at radius 3 is 2.57 bits per heavy atom. The van der Waals surface area contributed by atoms with Crippen molar-refractivity contribution in [3.63, 3.8) is 0 Å². The number of rotatable bonds is 7. The molecule has 3 rings (SSSR count). The molecular formula is C21H24BrN3O4S. The van der Waals surface area contributed by atoms with E-state index in [9.17, 15) is 13.2 Å². The third kappa shape index (κ3) is 5.60. The maximum atomic E-state index is 12.5. The van der Waals surface area contributed by atoms with Gasteiger partial charge in [-0.1, -0.05) is 6.07 Å². The molecule has 0 unspecified atom stereocenters. The summed E-state index contributed by atoms with van der Waals surface area (Å²) >= 11 is 3.43. The first-order chi connectivity index (χ1) is 14.3. The summed E-state index contributed by atoms with van der Waals surface area (Å²) in [5, 5.41) is 2.79. The summed E-state index contributed by atoms with van der Waals surface area (Å²) in [6.45, 7) is 0.812. The number of hydrogen-bond donors (Lipinski definition) is 1. The average Bonchev–Trinajstić information content (AvgIpc) is 3.11. The van der Waals surface area contributed by atoms with Gasteiger partial charge >= 0.3 is 0 Å². The number of anilines is 1. The van der Waals surface area contributed by atoms with E-state index in [1.807, 2.05) is 30.1 Å². The first kappa shape index (κ1) is 22.3. The Kier molecular flexibility index (Phi) is 7.14. The van der Waals surface area contributed by atoms with E-state index in [1.54, 1.807) is 19.2 Å². The van der Waals surface area contributed by atoms with Crippen LogP contribution in [-0.2, 0) is 21.2 Å². The summed E-state index contributed by atoms with van der Waals surface area (Å²) < 4.78 is 35.0. The fourth-order valence-corrected chi connectivity index (χ4v) is 4.84. The molecule has 1 amide bonds. The number of ether oxygens (including phenoxy) is 1. The second-order valence-electron chi connectivity index (χ2n) is 7.05. The Morgan fingerprint density at radius 2 is 1.97 bits per heavy atom. The van der Waals surface area contributed by atoms with Crippen molar-refractivity contribution in [1.29, 1.82) is 0 Å². The SMILES string of the molecule is COc1ccc(CCC(=O)Nc2ccc(S(=O)(=O)N=C3CCCN3C)cc2)cc1Br. The van der Waals surface area contributed by atoms with Gasteiger partial charge in [0.25, 0.3) is 10.0 Å². The standard InChI is InChI=1S/C21H24BrN3O4S/c1-25-13-3-4-20(25)24-30(27,28)17-9-7-16(8-10-17)23-21(26)12-6-15-5-11-19(29-2)18(22)14-15/h5,7-11,14H,3-4,6,12-13H2,1-2H3,(H,23,26). The summed E-state index contributed by atoms with van der Waals surface area (Å²) in [5.41, 5.74) is 1.55. The number of carbonyl (C=O) groups is 1. The molecule has 2 aromatic rings. The number of halogens is 1. The quantitative estimate of drug-likeness (QED) is 0.632. The minimum absolute atomic E-state index is 0.108. The molecule has 0 radical (unpaired) electrons. The van der Waals surface area contributed by atoms with Gasteiger partial charge in [0.1, 0.15) is 11.6 Å². The van der Waals surface area contributed by atoms with Gasteiger partial charge < -0.3 is 15.0 Å². The molecule has 1 N–H and O–H groups in total. The number of likely N-dealkylation sites (tertiary alicyclic amines) is 1. The number of carbonyl (C=O) groups excluding carboxylic acids is 1. The number of benzene rings is 2. The summed E-state index contributed by atoms with van der Waals surface area (Å²) in [6.07, 6.45) is 2.45. The number of methoxy groups -OCH3 is 1. The van der Waals surface area contributed by atoms with Crippen LogP contribution in [0.3, 0.4) is 0 Å². The lowest BCUT2D eigenvalue weighted by Gasteiger charge is -2.11. The van der Waals surface area contributed by atoms with E-state index in [0.29, 0.717) is 30.8 Å². The highest BCUT2D eigenvalue weighted by molar-refractivity contribution is 9.10. The summed E-state index contributed by atoms with van der Waals surface area (Å²) in [5.74, 6) is 1.17. The Hall–Kier alpha value is -2.39. The van der Waals surface area contributed by atoms with Crippen LogP contribution in [0.15, 0.2) is 56.2 Å². The van der Waals surface area contributed by atoms with Crippen LogP contribution in [0.25, 0.3) is 0 Å². The van der Waals surface area contributed by atoms with Crippen molar-refractivity contribution < 1.29 is 17.9 Å². The zero-order valence-corrected chi connectivity index (χ0v) is 19.3. The third-order valence-electron chi connectivity index (χ3n) is 4.85. The van der Waals surface area contributed by atoms with Crippen LogP contribution < -0.4 is 10.1 Å². The third-order valence-corrected chi connectivity index (χ3v) is 6.79. The van der Waals surface area contributed by atoms with Crippen molar-refractivity contribution in [2.75, 3.05) is 26.0 Å². The number of sulfonamides is 1. The number of amidine groups is 1. The molecule has 9 heteroatoms. The van der Waals surface area contributed by atoms with Crippen LogP contribution in [0.4, 0.5) is 5.69 Å². The molecule has 0 atom stereocenters. The average molecular weight is 494 g/mol. The number of amides is 1. The number of nitrogens with one attached hydrogen (secondary N) is 1. The number of aryl methyl sites for hydroxylation is 1. The molecule has 30 heavy (non-hydrogen) atoms. The highest BCUT2D eigenvalue weighted by atomic mass is 79.9. The van der Waals surface area contributed by atoms with E-state index in [1.165, 1.54) is 12.1 Å². The van der Waals surface area contributed by atoms with E-state index in [4.69, 9.17) is 4.74 Å². The van der Waals surface area contributed by atoms with Crippen LogP contribution >= 0.6 is 15.9 Å². The molecule has 1 heterocycles. The van der Waals surface area contributed by atoms with Crippen molar-refractivity contribution in [2.24, 2.45) is 4.40 Å². The molecule has 0 bridgehead atoms. The molecule has 2 aromatic carbocycles. The first-order valence-corrected chi connectivity index (χ1v) is 11.8. The van der Waals surface area contributed by atoms with Crippen molar-refractivity contribution in [3.8, 4) is 5.75 Å². The molecule has 1 fully saturated rings. The van der Waals surface area contributed by atoms with Crippen LogP contribution in [0, 0.1) is 0 Å². The van der Waals surface area contributed by atoms with Crippen molar-refractivity contribution in [2.45, 2.75) is 30.6 Å². The molecule has 1 aliphatic heterocycles. The zero-order valence-electron chi connectivity index (χ0n) is 16.9. The summed E-state index contributed by atoms with van der Waals surface area (Å²) in [6, 6.07) is 11.8. The Balaban J connectivity index is 1.58. The second-order valence-corrected chi connectivity index (χ2v) is 9.51. The number of hydrogen-bond acceptors (Lipinski definition) is 4. The lowest BCUT2D eigenvalue weighted by atomic mass is 10.1. The molecule has 1 saturated heterocycles. The smallest absolute Gasteiger partial charge is 0.283 e. The number of nitrogens with zero attached hydrogens (tertiary/aromatic N) is 2. The van der Waals surface area contributed by atoms with E-state index in [2.05, 4.69) is 25.6 Å². The van der Waals surface area contributed by atoms with Crippen molar-refractivity contribution in [1.82, 2.24) is 4.90 Å².